The Morgan fingerprint density at radius 3 is 3.00 bits per heavy atom. The fraction of sp³-hybridized carbons (Fsp3) is 0.636. The Labute approximate surface area is 95.3 Å². The molecule has 1 heterocycles. The van der Waals surface area contributed by atoms with Crippen molar-refractivity contribution in [1.82, 2.24) is 9.97 Å². The second-order valence-electron chi connectivity index (χ2n) is 4.18. The molecule has 0 unspecified atom stereocenters. The van der Waals surface area contributed by atoms with Crippen molar-refractivity contribution in [2.24, 2.45) is 5.92 Å². The standard InChI is InChI=1S/C11H16ClN3/c1-8-7-14-11(12)15-10(8)13-6-5-9-3-2-4-9/h7,9H,2-6H2,1H3,(H,13,14,15). The molecule has 1 N–H and O–H groups in total. The van der Waals surface area contributed by atoms with Crippen LogP contribution in [0.25, 0.3) is 0 Å². The van der Waals surface area contributed by atoms with Crippen LogP contribution in [-0.2, 0) is 0 Å². The molecule has 1 fully saturated rings. The van der Waals surface area contributed by atoms with Gasteiger partial charge in [-0.1, -0.05) is 19.3 Å². The fourth-order valence-corrected chi connectivity index (χ4v) is 1.91. The highest BCUT2D eigenvalue weighted by Gasteiger charge is 2.16. The Morgan fingerprint density at radius 1 is 1.53 bits per heavy atom. The molecular formula is C11H16ClN3. The van der Waals surface area contributed by atoms with E-state index in [1.807, 2.05) is 6.92 Å². The lowest BCUT2D eigenvalue weighted by molar-refractivity contribution is 0.303. The molecule has 4 heteroatoms. The van der Waals surface area contributed by atoms with Gasteiger partial charge in [0.1, 0.15) is 5.82 Å². The van der Waals surface area contributed by atoms with Gasteiger partial charge in [-0.3, -0.25) is 0 Å². The van der Waals surface area contributed by atoms with Crippen molar-refractivity contribution in [3.63, 3.8) is 0 Å². The lowest BCUT2D eigenvalue weighted by atomic mass is 9.83. The molecule has 0 aliphatic heterocycles. The third kappa shape index (κ3) is 2.81. The van der Waals surface area contributed by atoms with Gasteiger partial charge in [0.15, 0.2) is 0 Å². The molecule has 3 nitrogen and oxygen atoms in total. The highest BCUT2D eigenvalue weighted by molar-refractivity contribution is 6.28. The maximum absolute atomic E-state index is 5.73. The quantitative estimate of drug-likeness (QED) is 0.801. The first-order valence-corrected chi connectivity index (χ1v) is 5.86. The number of nitrogens with one attached hydrogen (secondary N) is 1. The van der Waals surface area contributed by atoms with Gasteiger partial charge in [-0.05, 0) is 30.9 Å². The molecule has 0 atom stereocenters. The summed E-state index contributed by atoms with van der Waals surface area (Å²) in [7, 11) is 0. The van der Waals surface area contributed by atoms with Crippen molar-refractivity contribution >= 4 is 17.4 Å². The van der Waals surface area contributed by atoms with Gasteiger partial charge < -0.3 is 5.32 Å². The predicted octanol–water partition coefficient (Wildman–Crippen LogP) is 3.04. The molecule has 82 valence electrons. The molecule has 1 aromatic heterocycles. The SMILES string of the molecule is Cc1cnc(Cl)nc1NCCC1CCC1. The van der Waals surface area contributed by atoms with E-state index in [0.29, 0.717) is 5.28 Å². The molecule has 2 rings (SSSR count). The molecule has 0 saturated heterocycles. The summed E-state index contributed by atoms with van der Waals surface area (Å²) in [4.78, 5) is 8.08. The smallest absolute Gasteiger partial charge is 0.224 e. The van der Waals surface area contributed by atoms with Crippen molar-refractivity contribution in [3.05, 3.63) is 17.0 Å². The van der Waals surface area contributed by atoms with E-state index in [-0.39, 0.29) is 0 Å². The van der Waals surface area contributed by atoms with Crippen LogP contribution in [0.15, 0.2) is 6.20 Å². The van der Waals surface area contributed by atoms with Gasteiger partial charge in [-0.2, -0.15) is 0 Å². The topological polar surface area (TPSA) is 37.8 Å². The second kappa shape index (κ2) is 4.79. The Kier molecular flexibility index (Phi) is 3.41. The maximum atomic E-state index is 5.73. The molecule has 0 aromatic carbocycles. The van der Waals surface area contributed by atoms with Gasteiger partial charge in [-0.15, -0.1) is 0 Å². The van der Waals surface area contributed by atoms with Crippen LogP contribution >= 0.6 is 11.6 Å². The fourth-order valence-electron chi connectivity index (χ4n) is 1.78. The molecule has 1 aromatic rings. The van der Waals surface area contributed by atoms with Crippen LogP contribution in [0.3, 0.4) is 0 Å². The molecule has 0 radical (unpaired) electrons. The zero-order valence-corrected chi connectivity index (χ0v) is 9.72. The third-order valence-corrected chi connectivity index (χ3v) is 3.19. The van der Waals surface area contributed by atoms with Gasteiger partial charge in [0.05, 0.1) is 0 Å². The number of nitrogens with zero attached hydrogens (tertiary/aromatic N) is 2. The van der Waals surface area contributed by atoms with Crippen LogP contribution in [0.2, 0.25) is 5.28 Å². The summed E-state index contributed by atoms with van der Waals surface area (Å²) in [6.07, 6.45) is 7.18. The molecular weight excluding hydrogens is 210 g/mol. The molecule has 0 spiro atoms. The lowest BCUT2D eigenvalue weighted by Gasteiger charge is -2.25. The highest BCUT2D eigenvalue weighted by Crippen LogP contribution is 2.29. The van der Waals surface area contributed by atoms with E-state index in [4.69, 9.17) is 11.6 Å². The monoisotopic (exact) mass is 225 g/mol. The van der Waals surface area contributed by atoms with E-state index in [9.17, 15) is 0 Å². The molecule has 1 aliphatic rings. The Hall–Kier alpha value is -0.830. The van der Waals surface area contributed by atoms with E-state index in [1.54, 1.807) is 6.20 Å². The minimum atomic E-state index is 0.312. The van der Waals surface area contributed by atoms with Crippen LogP contribution < -0.4 is 5.32 Å². The summed E-state index contributed by atoms with van der Waals surface area (Å²) in [5.74, 6) is 1.80. The lowest BCUT2D eigenvalue weighted by Crippen LogP contribution is -2.16. The van der Waals surface area contributed by atoms with Gasteiger partial charge in [-0.25, -0.2) is 9.97 Å². The number of aryl methyl sites for hydroxylation is 1. The molecule has 1 aliphatic carbocycles. The first-order valence-electron chi connectivity index (χ1n) is 5.48. The average Bonchev–Trinajstić information content (AvgIpc) is 2.15. The predicted molar refractivity (Wildman–Crippen MR) is 62.2 cm³/mol. The number of rotatable bonds is 4. The average molecular weight is 226 g/mol. The van der Waals surface area contributed by atoms with E-state index in [2.05, 4.69) is 15.3 Å². The summed E-state index contributed by atoms with van der Waals surface area (Å²) >= 11 is 5.73. The first-order chi connectivity index (χ1) is 7.25. The van der Waals surface area contributed by atoms with E-state index >= 15 is 0 Å². The van der Waals surface area contributed by atoms with Crippen molar-refractivity contribution in [1.29, 1.82) is 0 Å². The van der Waals surface area contributed by atoms with E-state index in [0.717, 1.165) is 23.8 Å². The van der Waals surface area contributed by atoms with E-state index < -0.39 is 0 Å². The van der Waals surface area contributed by atoms with Crippen LogP contribution in [0.5, 0.6) is 0 Å². The minimum absolute atomic E-state index is 0.312. The Morgan fingerprint density at radius 2 is 2.33 bits per heavy atom. The first kappa shape index (κ1) is 10.7. The number of hydrogen-bond acceptors (Lipinski definition) is 3. The van der Waals surface area contributed by atoms with Gasteiger partial charge in [0, 0.05) is 18.3 Å². The summed E-state index contributed by atoms with van der Waals surface area (Å²) < 4.78 is 0. The Balaban J connectivity index is 1.83. The minimum Gasteiger partial charge on any atom is -0.370 e. The van der Waals surface area contributed by atoms with Gasteiger partial charge >= 0.3 is 0 Å². The number of halogens is 1. The summed E-state index contributed by atoms with van der Waals surface area (Å²) in [5.41, 5.74) is 1.05. The van der Waals surface area contributed by atoms with Crippen molar-refractivity contribution in [2.45, 2.75) is 32.6 Å². The zero-order chi connectivity index (χ0) is 10.7. The second-order valence-corrected chi connectivity index (χ2v) is 4.52. The zero-order valence-electron chi connectivity index (χ0n) is 8.96. The number of anilines is 1. The van der Waals surface area contributed by atoms with Crippen molar-refractivity contribution in [2.75, 3.05) is 11.9 Å². The van der Waals surface area contributed by atoms with Crippen LogP contribution in [0.4, 0.5) is 5.82 Å². The Bertz CT molecular complexity index is 337. The largest absolute Gasteiger partial charge is 0.370 e. The van der Waals surface area contributed by atoms with Crippen molar-refractivity contribution < 1.29 is 0 Å². The number of hydrogen-bond donors (Lipinski definition) is 1. The van der Waals surface area contributed by atoms with E-state index in [1.165, 1.54) is 25.7 Å². The highest BCUT2D eigenvalue weighted by atomic mass is 35.5. The number of aromatic nitrogens is 2. The van der Waals surface area contributed by atoms with Gasteiger partial charge in [0.2, 0.25) is 5.28 Å². The molecule has 15 heavy (non-hydrogen) atoms. The molecule has 0 bridgehead atoms. The summed E-state index contributed by atoms with van der Waals surface area (Å²) in [6, 6.07) is 0. The van der Waals surface area contributed by atoms with Gasteiger partial charge in [0.25, 0.3) is 0 Å². The molecule has 0 amide bonds. The summed E-state index contributed by atoms with van der Waals surface area (Å²) in [5, 5.41) is 3.63. The van der Waals surface area contributed by atoms with Crippen LogP contribution in [0.1, 0.15) is 31.2 Å². The summed E-state index contributed by atoms with van der Waals surface area (Å²) in [6.45, 7) is 2.97. The van der Waals surface area contributed by atoms with Crippen molar-refractivity contribution in [3.8, 4) is 0 Å². The van der Waals surface area contributed by atoms with Crippen LogP contribution in [0, 0.1) is 12.8 Å². The molecule has 1 saturated carbocycles. The van der Waals surface area contributed by atoms with Crippen LogP contribution in [-0.4, -0.2) is 16.5 Å². The normalized spacial score (nSPS) is 16.1. The third-order valence-electron chi connectivity index (χ3n) is 3.01. The maximum Gasteiger partial charge on any atom is 0.224 e.